The first kappa shape index (κ1) is 16.8. The minimum atomic E-state index is -0.231. The number of amides is 1. The van der Waals surface area contributed by atoms with Gasteiger partial charge in [-0.2, -0.15) is 5.10 Å². The second-order valence-corrected chi connectivity index (χ2v) is 6.98. The number of carbonyl (C=O) groups is 1. The molecule has 0 saturated heterocycles. The Balaban J connectivity index is 1.46. The lowest BCUT2D eigenvalue weighted by Gasteiger charge is -2.33. The lowest BCUT2D eigenvalue weighted by molar-refractivity contribution is 0.0632. The van der Waals surface area contributed by atoms with Crippen LogP contribution in [0.15, 0.2) is 43.0 Å². The highest BCUT2D eigenvalue weighted by molar-refractivity contribution is 6.30. The number of carbonyl (C=O) groups excluding carboxylic acids is 1. The largest absolute Gasteiger partial charge is 0.325 e. The number of nitrogens with zero attached hydrogens (tertiary/aromatic N) is 8. The molecule has 1 amide bonds. The van der Waals surface area contributed by atoms with Gasteiger partial charge in [0.2, 0.25) is 0 Å². The number of halogens is 1. The van der Waals surface area contributed by atoms with Gasteiger partial charge in [-0.25, -0.2) is 9.50 Å². The maximum Gasteiger partial charge on any atom is 0.275 e. The molecule has 0 aliphatic carbocycles. The molecule has 9 nitrogen and oxygen atoms in total. The third-order valence-corrected chi connectivity index (χ3v) is 5.08. The summed E-state index contributed by atoms with van der Waals surface area (Å²) in [6.07, 6.45) is 6.60. The molecule has 5 rings (SSSR count). The van der Waals surface area contributed by atoms with Gasteiger partial charge in [0.05, 0.1) is 17.3 Å². The van der Waals surface area contributed by atoms with E-state index in [0.29, 0.717) is 29.5 Å². The molecule has 1 aliphatic rings. The normalized spacial score (nSPS) is 16.4. The fourth-order valence-electron chi connectivity index (χ4n) is 3.48. The van der Waals surface area contributed by atoms with Crippen molar-refractivity contribution in [2.75, 3.05) is 6.54 Å². The van der Waals surface area contributed by atoms with E-state index in [-0.39, 0.29) is 11.9 Å². The zero-order chi connectivity index (χ0) is 19.3. The van der Waals surface area contributed by atoms with Crippen LogP contribution < -0.4 is 0 Å². The average Bonchev–Trinajstić information content (AvgIpc) is 3.32. The van der Waals surface area contributed by atoms with Crippen molar-refractivity contribution in [3.63, 3.8) is 0 Å². The second-order valence-electron chi connectivity index (χ2n) is 6.55. The maximum atomic E-state index is 13.1. The first-order valence-corrected chi connectivity index (χ1v) is 9.15. The molecule has 28 heavy (non-hydrogen) atoms. The van der Waals surface area contributed by atoms with Gasteiger partial charge in [0.1, 0.15) is 0 Å². The molecule has 5 heterocycles. The Hall–Kier alpha value is -3.33. The molecular formula is C18H15ClN8O. The molecule has 1 atom stereocenters. The summed E-state index contributed by atoms with van der Waals surface area (Å²) in [6, 6.07) is 5.22. The third-order valence-electron chi connectivity index (χ3n) is 4.89. The van der Waals surface area contributed by atoms with Crippen LogP contribution in [-0.4, -0.2) is 51.7 Å². The van der Waals surface area contributed by atoms with E-state index in [4.69, 9.17) is 11.6 Å². The summed E-state index contributed by atoms with van der Waals surface area (Å²) in [6.45, 7) is 3.08. The third kappa shape index (κ3) is 2.63. The van der Waals surface area contributed by atoms with Gasteiger partial charge in [0, 0.05) is 43.3 Å². The van der Waals surface area contributed by atoms with E-state index in [1.165, 1.54) is 10.7 Å². The molecule has 140 valence electrons. The monoisotopic (exact) mass is 394 g/mol. The summed E-state index contributed by atoms with van der Waals surface area (Å²) in [5.41, 5.74) is 1.84. The maximum absolute atomic E-state index is 13.1. The lowest BCUT2D eigenvalue weighted by Crippen LogP contribution is -2.41. The van der Waals surface area contributed by atoms with Crippen molar-refractivity contribution in [1.82, 2.24) is 39.2 Å². The SMILES string of the molecule is CC1c2nnc(-c3ccncc3)n2CCN1C(=O)c1cc2ncc(Cl)cn2n1. The quantitative estimate of drug-likeness (QED) is 0.517. The van der Waals surface area contributed by atoms with Crippen molar-refractivity contribution in [3.8, 4) is 11.4 Å². The number of aromatic nitrogens is 7. The predicted octanol–water partition coefficient (Wildman–Crippen LogP) is 2.25. The van der Waals surface area contributed by atoms with Crippen molar-refractivity contribution in [1.29, 1.82) is 0 Å². The van der Waals surface area contributed by atoms with Crippen LogP contribution in [0.3, 0.4) is 0 Å². The van der Waals surface area contributed by atoms with Crippen molar-refractivity contribution in [3.05, 3.63) is 59.5 Å². The van der Waals surface area contributed by atoms with E-state index in [9.17, 15) is 4.79 Å². The van der Waals surface area contributed by atoms with Gasteiger partial charge in [0.25, 0.3) is 5.91 Å². The summed E-state index contributed by atoms with van der Waals surface area (Å²) in [4.78, 5) is 23.1. The lowest BCUT2D eigenvalue weighted by atomic mass is 10.1. The standard InChI is InChI=1S/C18H15ClN8O/c1-11-16-22-23-17(12-2-4-20-5-3-12)26(16)7-6-25(11)18(28)14-8-15-21-9-13(19)10-27(15)24-14/h2-5,8-11H,6-7H2,1H3. The number of fused-ring (bicyclic) bond motifs is 2. The van der Waals surface area contributed by atoms with Gasteiger partial charge in [-0.1, -0.05) is 11.6 Å². The predicted molar refractivity (Wildman–Crippen MR) is 101 cm³/mol. The van der Waals surface area contributed by atoms with E-state index in [1.807, 2.05) is 19.1 Å². The highest BCUT2D eigenvalue weighted by atomic mass is 35.5. The first-order chi connectivity index (χ1) is 13.6. The minimum Gasteiger partial charge on any atom is -0.325 e. The number of hydrogen-bond acceptors (Lipinski definition) is 6. The Morgan fingerprint density at radius 1 is 1.21 bits per heavy atom. The molecule has 1 aliphatic heterocycles. The van der Waals surface area contributed by atoms with Crippen LogP contribution in [0.5, 0.6) is 0 Å². The van der Waals surface area contributed by atoms with Gasteiger partial charge in [0.15, 0.2) is 23.0 Å². The molecule has 0 bridgehead atoms. The van der Waals surface area contributed by atoms with E-state index in [1.54, 1.807) is 29.6 Å². The van der Waals surface area contributed by atoms with E-state index >= 15 is 0 Å². The van der Waals surface area contributed by atoms with Crippen LogP contribution in [0.25, 0.3) is 17.0 Å². The molecule has 0 saturated carbocycles. The summed E-state index contributed by atoms with van der Waals surface area (Å²) >= 11 is 5.95. The Kier molecular flexibility index (Phi) is 3.83. The zero-order valence-corrected chi connectivity index (χ0v) is 15.7. The summed E-state index contributed by atoms with van der Waals surface area (Å²) < 4.78 is 3.56. The Bertz CT molecular complexity index is 1180. The van der Waals surface area contributed by atoms with Crippen molar-refractivity contribution < 1.29 is 4.79 Å². The minimum absolute atomic E-state index is 0.172. The highest BCUT2D eigenvalue weighted by Crippen LogP contribution is 2.29. The topological polar surface area (TPSA) is 94.1 Å². The molecular weight excluding hydrogens is 380 g/mol. The van der Waals surface area contributed by atoms with Gasteiger partial charge in [-0.05, 0) is 19.1 Å². The van der Waals surface area contributed by atoms with Gasteiger partial charge < -0.3 is 9.47 Å². The van der Waals surface area contributed by atoms with E-state index in [0.717, 1.165) is 17.2 Å². The molecule has 0 N–H and O–H groups in total. The number of rotatable bonds is 2. The van der Waals surface area contributed by atoms with Crippen LogP contribution in [0, 0.1) is 0 Å². The molecule has 0 radical (unpaired) electrons. The molecule has 0 fully saturated rings. The summed E-state index contributed by atoms with van der Waals surface area (Å²) in [5, 5.41) is 13.4. The molecule has 0 aromatic carbocycles. The van der Waals surface area contributed by atoms with Crippen LogP contribution in [0.2, 0.25) is 5.02 Å². The molecule has 4 aromatic heterocycles. The Morgan fingerprint density at radius 3 is 2.86 bits per heavy atom. The number of hydrogen-bond donors (Lipinski definition) is 0. The summed E-state index contributed by atoms with van der Waals surface area (Å²) in [5.74, 6) is 1.35. The first-order valence-electron chi connectivity index (χ1n) is 8.77. The Morgan fingerprint density at radius 2 is 2.04 bits per heavy atom. The molecule has 1 unspecified atom stereocenters. The smallest absolute Gasteiger partial charge is 0.275 e. The zero-order valence-electron chi connectivity index (χ0n) is 14.9. The van der Waals surface area contributed by atoms with Crippen LogP contribution in [0.1, 0.15) is 29.3 Å². The van der Waals surface area contributed by atoms with Crippen LogP contribution in [-0.2, 0) is 6.54 Å². The molecule has 0 spiro atoms. The number of pyridine rings is 1. The fraction of sp³-hybridized carbons (Fsp3) is 0.222. The average molecular weight is 395 g/mol. The highest BCUT2D eigenvalue weighted by Gasteiger charge is 2.33. The van der Waals surface area contributed by atoms with Gasteiger partial charge in [-0.3, -0.25) is 9.78 Å². The van der Waals surface area contributed by atoms with Crippen LogP contribution in [0.4, 0.5) is 0 Å². The molecule has 4 aromatic rings. The fourth-order valence-corrected chi connectivity index (χ4v) is 3.62. The van der Waals surface area contributed by atoms with E-state index < -0.39 is 0 Å². The van der Waals surface area contributed by atoms with Crippen molar-refractivity contribution in [2.45, 2.75) is 19.5 Å². The van der Waals surface area contributed by atoms with Crippen LogP contribution >= 0.6 is 11.6 Å². The molecule has 10 heteroatoms. The van der Waals surface area contributed by atoms with Crippen molar-refractivity contribution >= 4 is 23.2 Å². The Labute approximate surface area is 164 Å². The van der Waals surface area contributed by atoms with Gasteiger partial charge >= 0.3 is 0 Å². The van der Waals surface area contributed by atoms with Crippen molar-refractivity contribution in [2.24, 2.45) is 0 Å². The summed E-state index contributed by atoms with van der Waals surface area (Å²) in [7, 11) is 0. The van der Waals surface area contributed by atoms with Gasteiger partial charge in [-0.15, -0.1) is 10.2 Å². The second kappa shape index (κ2) is 6.38. The van der Waals surface area contributed by atoms with E-state index in [2.05, 4.69) is 29.8 Å².